The van der Waals surface area contributed by atoms with Gasteiger partial charge in [0.2, 0.25) is 0 Å². The molecule has 94 valence electrons. The number of benzene rings is 1. The molecule has 0 fully saturated rings. The fourth-order valence-corrected chi connectivity index (χ4v) is 1.98. The largest absolute Gasteiger partial charge is 0.494 e. The van der Waals surface area contributed by atoms with Gasteiger partial charge in [0.05, 0.1) is 22.8 Å². The first-order valence-electron chi connectivity index (χ1n) is 4.99. The minimum Gasteiger partial charge on any atom is -0.494 e. The standard InChI is InChI=1S/C12H9Cl2FN2O/c1-18-9-4-2-3-6(10(9)15)11-7(13)5-8(14)12(16)17-11/h2-5H,1H3,(H2,16,17). The molecule has 0 atom stereocenters. The van der Waals surface area contributed by atoms with E-state index < -0.39 is 5.82 Å². The SMILES string of the molecule is COc1cccc(-c2nc(N)c(Cl)cc2Cl)c1F. The number of ether oxygens (including phenoxy) is 1. The number of nitrogens with zero attached hydrogens (tertiary/aromatic N) is 1. The third kappa shape index (κ3) is 2.21. The number of methoxy groups -OCH3 is 1. The second-order valence-electron chi connectivity index (χ2n) is 3.51. The molecule has 0 saturated carbocycles. The van der Waals surface area contributed by atoms with Crippen molar-refractivity contribution < 1.29 is 9.13 Å². The summed E-state index contributed by atoms with van der Waals surface area (Å²) in [5.74, 6) is -0.340. The van der Waals surface area contributed by atoms with Gasteiger partial charge in [-0.25, -0.2) is 9.37 Å². The molecule has 0 aliphatic carbocycles. The van der Waals surface area contributed by atoms with Crippen molar-refractivity contribution in [2.75, 3.05) is 12.8 Å². The van der Waals surface area contributed by atoms with Gasteiger partial charge in [-0.3, -0.25) is 0 Å². The highest BCUT2D eigenvalue weighted by Gasteiger charge is 2.16. The summed E-state index contributed by atoms with van der Waals surface area (Å²) < 4.78 is 19.0. The third-order valence-electron chi connectivity index (χ3n) is 2.39. The quantitative estimate of drug-likeness (QED) is 0.914. The second kappa shape index (κ2) is 5.00. The molecule has 0 spiro atoms. The van der Waals surface area contributed by atoms with E-state index in [1.807, 2.05) is 0 Å². The Kier molecular flexibility index (Phi) is 3.59. The zero-order valence-corrected chi connectivity index (χ0v) is 10.9. The Morgan fingerprint density at radius 1 is 1.28 bits per heavy atom. The van der Waals surface area contributed by atoms with Gasteiger partial charge in [0.25, 0.3) is 0 Å². The number of nitrogens with two attached hydrogens (primary N) is 1. The summed E-state index contributed by atoms with van der Waals surface area (Å²) in [5.41, 5.74) is 6.03. The molecule has 0 aliphatic rings. The van der Waals surface area contributed by atoms with E-state index >= 15 is 0 Å². The van der Waals surface area contributed by atoms with Crippen LogP contribution in [0, 0.1) is 5.82 Å². The van der Waals surface area contributed by atoms with Gasteiger partial charge >= 0.3 is 0 Å². The summed E-state index contributed by atoms with van der Waals surface area (Å²) in [5, 5.41) is 0.452. The fraction of sp³-hybridized carbons (Fsp3) is 0.0833. The molecule has 0 bridgehead atoms. The van der Waals surface area contributed by atoms with Crippen LogP contribution in [0.5, 0.6) is 5.75 Å². The van der Waals surface area contributed by atoms with Gasteiger partial charge in [0.1, 0.15) is 5.82 Å². The maximum absolute atomic E-state index is 14.1. The lowest BCUT2D eigenvalue weighted by atomic mass is 10.1. The molecule has 6 heteroatoms. The van der Waals surface area contributed by atoms with Crippen molar-refractivity contribution in [2.45, 2.75) is 0 Å². The van der Waals surface area contributed by atoms with Crippen molar-refractivity contribution in [1.82, 2.24) is 4.98 Å². The molecule has 2 aromatic rings. The van der Waals surface area contributed by atoms with Crippen molar-refractivity contribution >= 4 is 29.0 Å². The van der Waals surface area contributed by atoms with Crippen molar-refractivity contribution in [3.05, 3.63) is 40.1 Å². The molecule has 0 unspecified atom stereocenters. The molecule has 0 saturated heterocycles. The fourth-order valence-electron chi connectivity index (χ4n) is 1.52. The number of halogens is 3. The minimum absolute atomic E-state index is 0.0956. The highest BCUT2D eigenvalue weighted by atomic mass is 35.5. The minimum atomic E-state index is -0.545. The van der Waals surface area contributed by atoms with E-state index in [9.17, 15) is 4.39 Å². The van der Waals surface area contributed by atoms with E-state index in [1.54, 1.807) is 12.1 Å². The van der Waals surface area contributed by atoms with E-state index in [1.165, 1.54) is 19.2 Å². The van der Waals surface area contributed by atoms with Crippen LogP contribution in [0.1, 0.15) is 0 Å². The summed E-state index contributed by atoms with van der Waals surface area (Å²) in [7, 11) is 1.38. The molecule has 1 aromatic carbocycles. The predicted octanol–water partition coefficient (Wildman–Crippen LogP) is 3.79. The molecular formula is C12H9Cl2FN2O. The van der Waals surface area contributed by atoms with Crippen LogP contribution in [0.3, 0.4) is 0 Å². The molecule has 1 aromatic heterocycles. The summed E-state index contributed by atoms with van der Waals surface area (Å²) >= 11 is 11.8. The molecule has 2 rings (SSSR count). The topological polar surface area (TPSA) is 48.1 Å². The number of nitrogen functional groups attached to an aromatic ring is 1. The Hall–Kier alpha value is -1.52. The molecule has 3 nitrogen and oxygen atoms in total. The Morgan fingerprint density at radius 3 is 2.67 bits per heavy atom. The molecule has 18 heavy (non-hydrogen) atoms. The van der Waals surface area contributed by atoms with E-state index in [0.717, 1.165) is 0 Å². The highest BCUT2D eigenvalue weighted by molar-refractivity contribution is 6.37. The zero-order valence-electron chi connectivity index (χ0n) is 9.38. The Labute approximate surface area is 113 Å². The highest BCUT2D eigenvalue weighted by Crippen LogP contribution is 2.34. The maximum Gasteiger partial charge on any atom is 0.174 e. The van der Waals surface area contributed by atoms with E-state index in [2.05, 4.69) is 4.98 Å². The second-order valence-corrected chi connectivity index (χ2v) is 4.32. The molecule has 0 radical (unpaired) electrons. The Balaban J connectivity index is 2.66. The smallest absolute Gasteiger partial charge is 0.174 e. The lowest BCUT2D eigenvalue weighted by Gasteiger charge is -2.09. The lowest BCUT2D eigenvalue weighted by Crippen LogP contribution is -1.97. The van der Waals surface area contributed by atoms with Gasteiger partial charge < -0.3 is 10.5 Å². The zero-order chi connectivity index (χ0) is 13.3. The van der Waals surface area contributed by atoms with Crippen molar-refractivity contribution in [3.8, 4) is 17.0 Å². The van der Waals surface area contributed by atoms with Crippen LogP contribution in [0.4, 0.5) is 10.2 Å². The first-order chi connectivity index (χ1) is 8.54. The summed E-state index contributed by atoms with van der Waals surface area (Å²) in [6, 6.07) is 6.12. The van der Waals surface area contributed by atoms with Crippen LogP contribution in [0.25, 0.3) is 11.3 Å². The van der Waals surface area contributed by atoms with Gasteiger partial charge in [-0.05, 0) is 18.2 Å². The number of anilines is 1. The van der Waals surface area contributed by atoms with Crippen molar-refractivity contribution in [1.29, 1.82) is 0 Å². The monoisotopic (exact) mass is 286 g/mol. The van der Waals surface area contributed by atoms with Crippen LogP contribution in [-0.2, 0) is 0 Å². The third-order valence-corrected chi connectivity index (χ3v) is 2.99. The molecule has 2 N–H and O–H groups in total. The van der Waals surface area contributed by atoms with E-state index in [0.29, 0.717) is 0 Å². The van der Waals surface area contributed by atoms with Crippen LogP contribution in [0.15, 0.2) is 24.3 Å². The number of aromatic nitrogens is 1. The number of rotatable bonds is 2. The first kappa shape index (κ1) is 12.9. The maximum atomic E-state index is 14.1. The van der Waals surface area contributed by atoms with Gasteiger partial charge in [0, 0.05) is 5.56 Å². The van der Waals surface area contributed by atoms with E-state index in [4.69, 9.17) is 33.7 Å². The van der Waals surface area contributed by atoms with Gasteiger partial charge in [-0.15, -0.1) is 0 Å². The Morgan fingerprint density at radius 2 is 2.00 bits per heavy atom. The first-order valence-corrected chi connectivity index (χ1v) is 5.74. The van der Waals surface area contributed by atoms with Crippen LogP contribution >= 0.6 is 23.2 Å². The molecule has 0 amide bonds. The Bertz CT molecular complexity index is 605. The van der Waals surface area contributed by atoms with Crippen molar-refractivity contribution in [2.24, 2.45) is 0 Å². The van der Waals surface area contributed by atoms with Crippen molar-refractivity contribution in [3.63, 3.8) is 0 Å². The van der Waals surface area contributed by atoms with Gasteiger partial charge in [-0.2, -0.15) is 0 Å². The number of hydrogen-bond acceptors (Lipinski definition) is 3. The normalized spacial score (nSPS) is 10.4. The average molecular weight is 287 g/mol. The summed E-state index contributed by atoms with van der Waals surface area (Å²) in [4.78, 5) is 4.00. The van der Waals surface area contributed by atoms with Gasteiger partial charge in [-0.1, -0.05) is 29.3 Å². The van der Waals surface area contributed by atoms with Gasteiger partial charge in [0.15, 0.2) is 11.6 Å². The van der Waals surface area contributed by atoms with Crippen LogP contribution < -0.4 is 10.5 Å². The molecule has 1 heterocycles. The summed E-state index contributed by atoms with van der Waals surface area (Å²) in [6.45, 7) is 0. The molecule has 0 aliphatic heterocycles. The number of pyridine rings is 1. The molecular weight excluding hydrogens is 278 g/mol. The van der Waals surface area contributed by atoms with E-state index in [-0.39, 0.29) is 32.9 Å². The summed E-state index contributed by atoms with van der Waals surface area (Å²) in [6.07, 6.45) is 0. The lowest BCUT2D eigenvalue weighted by molar-refractivity contribution is 0.387. The number of hydrogen-bond donors (Lipinski definition) is 1. The van der Waals surface area contributed by atoms with Crippen LogP contribution in [-0.4, -0.2) is 12.1 Å². The average Bonchev–Trinajstić information content (AvgIpc) is 2.34. The van der Waals surface area contributed by atoms with Crippen LogP contribution in [0.2, 0.25) is 10.0 Å². The predicted molar refractivity (Wildman–Crippen MR) is 70.6 cm³/mol.